The zero-order chi connectivity index (χ0) is 10.8. The third kappa shape index (κ3) is 5.30. The van der Waals surface area contributed by atoms with E-state index in [1.54, 1.807) is 13.3 Å². The monoisotopic (exact) mass is 269 g/mol. The van der Waals surface area contributed by atoms with Gasteiger partial charge in [0.05, 0.1) is 12.1 Å². The fourth-order valence-corrected chi connectivity index (χ4v) is 2.56. The number of hydrogen-bond acceptors (Lipinski definition) is 4. The maximum Gasteiger partial charge on any atom is 0.355 e. The SMILES string of the molecule is CP(C)(=O)CCc1nc(C(=O)O)cs1.Cl. The van der Waals surface area contributed by atoms with E-state index in [1.807, 2.05) is 0 Å². The quantitative estimate of drug-likeness (QED) is 0.853. The molecule has 4 nitrogen and oxygen atoms in total. The number of carboxylic acid groups (broad SMARTS) is 1. The summed E-state index contributed by atoms with van der Waals surface area (Å²) in [4.78, 5) is 14.4. The van der Waals surface area contributed by atoms with Crippen molar-refractivity contribution in [2.24, 2.45) is 0 Å². The number of hydrogen-bond donors (Lipinski definition) is 1. The number of halogens is 1. The molecule has 0 spiro atoms. The molecule has 0 bridgehead atoms. The Balaban J connectivity index is 0.00000196. The first-order valence-corrected chi connectivity index (χ1v) is 7.77. The van der Waals surface area contributed by atoms with Gasteiger partial charge < -0.3 is 9.67 Å². The zero-order valence-electron chi connectivity index (χ0n) is 8.47. The van der Waals surface area contributed by atoms with Crippen molar-refractivity contribution < 1.29 is 14.5 Å². The molecule has 1 aromatic heterocycles. The molecule has 0 aliphatic heterocycles. The average molecular weight is 270 g/mol. The largest absolute Gasteiger partial charge is 0.476 e. The van der Waals surface area contributed by atoms with Crippen molar-refractivity contribution in [1.82, 2.24) is 4.98 Å². The summed E-state index contributed by atoms with van der Waals surface area (Å²) >= 11 is 1.31. The van der Waals surface area contributed by atoms with Crippen LogP contribution in [0.2, 0.25) is 0 Å². The van der Waals surface area contributed by atoms with Gasteiger partial charge in [-0.25, -0.2) is 9.78 Å². The van der Waals surface area contributed by atoms with Crippen LogP contribution in [-0.2, 0) is 11.0 Å². The molecule has 15 heavy (non-hydrogen) atoms. The normalized spacial score (nSPS) is 10.8. The first-order valence-electron chi connectivity index (χ1n) is 4.10. The van der Waals surface area contributed by atoms with E-state index < -0.39 is 13.1 Å². The molecule has 86 valence electrons. The smallest absolute Gasteiger partial charge is 0.355 e. The molecule has 0 aromatic carbocycles. The predicted molar refractivity (Wildman–Crippen MR) is 64.3 cm³/mol. The summed E-state index contributed by atoms with van der Waals surface area (Å²) in [6, 6.07) is 0. The van der Waals surface area contributed by atoms with Crippen molar-refractivity contribution in [1.29, 1.82) is 0 Å². The highest BCUT2D eigenvalue weighted by atomic mass is 35.5. The van der Waals surface area contributed by atoms with Gasteiger partial charge in [-0.1, -0.05) is 0 Å². The third-order valence-electron chi connectivity index (χ3n) is 1.64. The molecule has 0 atom stereocenters. The Bertz CT molecular complexity index is 387. The van der Waals surface area contributed by atoms with Crippen molar-refractivity contribution in [2.75, 3.05) is 19.5 Å². The Morgan fingerprint density at radius 1 is 1.60 bits per heavy atom. The minimum Gasteiger partial charge on any atom is -0.476 e. The van der Waals surface area contributed by atoms with Gasteiger partial charge in [0.2, 0.25) is 0 Å². The molecular formula is C8H13ClNO3PS. The number of aromatic carboxylic acids is 1. The molecule has 1 aromatic rings. The van der Waals surface area contributed by atoms with Crippen molar-refractivity contribution in [3.05, 3.63) is 16.1 Å². The Hall–Kier alpha value is -0.380. The number of aromatic nitrogens is 1. The number of carboxylic acids is 1. The number of rotatable bonds is 4. The second-order valence-electron chi connectivity index (χ2n) is 3.48. The summed E-state index contributed by atoms with van der Waals surface area (Å²) in [7, 11) is -2.03. The predicted octanol–water partition coefficient (Wildman–Crippen LogP) is 2.43. The minimum absolute atomic E-state index is 0. The van der Waals surface area contributed by atoms with E-state index in [0.717, 1.165) is 5.01 Å². The molecule has 0 amide bonds. The van der Waals surface area contributed by atoms with E-state index >= 15 is 0 Å². The summed E-state index contributed by atoms with van der Waals surface area (Å²) in [5.74, 6) is -1.01. The summed E-state index contributed by atoms with van der Waals surface area (Å²) in [5.41, 5.74) is 0.0760. The Morgan fingerprint density at radius 2 is 2.20 bits per heavy atom. The summed E-state index contributed by atoms with van der Waals surface area (Å²) in [5, 5.41) is 10.9. The number of carbonyl (C=O) groups is 1. The number of thiazole rings is 1. The number of nitrogens with zero attached hydrogens (tertiary/aromatic N) is 1. The van der Waals surface area contributed by atoms with E-state index in [1.165, 1.54) is 16.7 Å². The maximum atomic E-state index is 11.4. The highest BCUT2D eigenvalue weighted by Gasteiger charge is 2.11. The maximum absolute atomic E-state index is 11.4. The fraction of sp³-hybridized carbons (Fsp3) is 0.500. The molecule has 0 aliphatic carbocycles. The van der Waals surface area contributed by atoms with Crippen LogP contribution in [0.25, 0.3) is 0 Å². The van der Waals surface area contributed by atoms with Gasteiger partial charge in [0, 0.05) is 18.0 Å². The minimum atomic E-state index is -2.03. The molecule has 0 fully saturated rings. The van der Waals surface area contributed by atoms with Gasteiger partial charge in [0.15, 0.2) is 5.69 Å². The van der Waals surface area contributed by atoms with Crippen molar-refractivity contribution in [3.8, 4) is 0 Å². The van der Waals surface area contributed by atoms with Gasteiger partial charge in [-0.2, -0.15) is 0 Å². The lowest BCUT2D eigenvalue weighted by Crippen LogP contribution is -1.98. The van der Waals surface area contributed by atoms with Crippen LogP contribution in [-0.4, -0.2) is 35.6 Å². The van der Waals surface area contributed by atoms with Crippen LogP contribution in [0.3, 0.4) is 0 Å². The lowest BCUT2D eigenvalue weighted by Gasteiger charge is -2.02. The van der Waals surface area contributed by atoms with Crippen molar-refractivity contribution >= 4 is 36.9 Å². The van der Waals surface area contributed by atoms with E-state index in [9.17, 15) is 9.36 Å². The van der Waals surface area contributed by atoms with Crippen LogP contribution in [0, 0.1) is 0 Å². The summed E-state index contributed by atoms with van der Waals surface area (Å²) in [6.07, 6.45) is 1.18. The molecule has 0 saturated carbocycles. The summed E-state index contributed by atoms with van der Waals surface area (Å²) in [6.45, 7) is 3.44. The third-order valence-corrected chi connectivity index (χ3v) is 3.84. The second-order valence-corrected chi connectivity index (χ2v) is 8.02. The molecule has 7 heteroatoms. The van der Waals surface area contributed by atoms with Gasteiger partial charge in [-0.3, -0.25) is 0 Å². The number of aryl methyl sites for hydroxylation is 1. The molecular weight excluding hydrogens is 257 g/mol. The first kappa shape index (κ1) is 14.6. The lowest BCUT2D eigenvalue weighted by molar-refractivity contribution is 0.0691. The van der Waals surface area contributed by atoms with Crippen LogP contribution in [0.5, 0.6) is 0 Å². The molecule has 0 radical (unpaired) electrons. The van der Waals surface area contributed by atoms with Gasteiger partial charge in [0.25, 0.3) is 0 Å². The topological polar surface area (TPSA) is 67.3 Å². The Labute approximate surface area is 98.5 Å². The standard InChI is InChI=1S/C8H12NO3PS.ClH/c1-13(2,12)4-3-7-9-6(5-14-7)8(10)11;/h5H,3-4H2,1-2H3,(H,10,11);1H. The van der Waals surface area contributed by atoms with Crippen LogP contribution in [0.1, 0.15) is 15.5 Å². The van der Waals surface area contributed by atoms with Gasteiger partial charge in [0.1, 0.15) is 0 Å². The van der Waals surface area contributed by atoms with E-state index in [4.69, 9.17) is 5.11 Å². The molecule has 0 saturated heterocycles. The van der Waals surface area contributed by atoms with Crippen LogP contribution < -0.4 is 0 Å². The van der Waals surface area contributed by atoms with Crippen molar-refractivity contribution in [2.45, 2.75) is 6.42 Å². The first-order chi connectivity index (χ1) is 6.38. The van der Waals surface area contributed by atoms with Crippen LogP contribution in [0.15, 0.2) is 5.38 Å². The fourth-order valence-electron chi connectivity index (χ4n) is 0.889. The molecule has 1 rings (SSSR count). The van der Waals surface area contributed by atoms with Gasteiger partial charge in [-0.05, 0) is 13.3 Å². The van der Waals surface area contributed by atoms with Crippen LogP contribution in [0.4, 0.5) is 0 Å². The highest BCUT2D eigenvalue weighted by molar-refractivity contribution is 7.62. The lowest BCUT2D eigenvalue weighted by atomic mass is 10.5. The van der Waals surface area contributed by atoms with E-state index in [2.05, 4.69) is 4.98 Å². The molecule has 0 aliphatic rings. The Morgan fingerprint density at radius 3 is 2.60 bits per heavy atom. The molecule has 0 unspecified atom stereocenters. The zero-order valence-corrected chi connectivity index (χ0v) is 11.0. The second kappa shape index (κ2) is 5.64. The van der Waals surface area contributed by atoms with Gasteiger partial charge in [-0.15, -0.1) is 23.7 Å². The van der Waals surface area contributed by atoms with Gasteiger partial charge >= 0.3 is 5.97 Å². The Kier molecular flexibility index (Phi) is 5.49. The van der Waals surface area contributed by atoms with E-state index in [-0.39, 0.29) is 18.1 Å². The molecule has 1 heterocycles. The van der Waals surface area contributed by atoms with Crippen molar-refractivity contribution in [3.63, 3.8) is 0 Å². The van der Waals surface area contributed by atoms with Crippen LogP contribution >= 0.6 is 30.9 Å². The highest BCUT2D eigenvalue weighted by Crippen LogP contribution is 2.36. The average Bonchev–Trinajstić information content (AvgIpc) is 2.47. The summed E-state index contributed by atoms with van der Waals surface area (Å²) < 4.78 is 11.4. The van der Waals surface area contributed by atoms with E-state index in [0.29, 0.717) is 12.6 Å². The molecule has 1 N–H and O–H groups in total.